The van der Waals surface area contributed by atoms with E-state index in [-0.39, 0.29) is 17.9 Å². The van der Waals surface area contributed by atoms with Crippen LogP contribution in [0.4, 0.5) is 5.69 Å². The lowest BCUT2D eigenvalue weighted by Crippen LogP contribution is -2.30. The number of hydrogen-bond donors (Lipinski definition) is 2. The number of rotatable bonds is 6. The first kappa shape index (κ1) is 19.0. The smallest absolute Gasteiger partial charge is 0.259 e. The van der Waals surface area contributed by atoms with E-state index in [1.165, 1.54) is 0 Å². The maximum Gasteiger partial charge on any atom is 0.259 e. The SMILES string of the molecule is CCOc1ccc(Br)cc1C(=O)Nc1ccc(C(=O)NC(C)C)cc1. The van der Waals surface area contributed by atoms with Gasteiger partial charge in [-0.3, -0.25) is 9.59 Å². The number of ether oxygens (including phenoxy) is 1. The Morgan fingerprint density at radius 3 is 2.36 bits per heavy atom. The molecule has 0 bridgehead atoms. The van der Waals surface area contributed by atoms with Gasteiger partial charge in [0.2, 0.25) is 0 Å². The van der Waals surface area contributed by atoms with Gasteiger partial charge in [-0.25, -0.2) is 0 Å². The van der Waals surface area contributed by atoms with Gasteiger partial charge in [-0.15, -0.1) is 0 Å². The topological polar surface area (TPSA) is 67.4 Å². The van der Waals surface area contributed by atoms with Crippen molar-refractivity contribution in [3.05, 3.63) is 58.1 Å². The quantitative estimate of drug-likeness (QED) is 0.756. The third kappa shape index (κ3) is 5.32. The zero-order chi connectivity index (χ0) is 18.4. The molecule has 0 radical (unpaired) electrons. The van der Waals surface area contributed by atoms with E-state index < -0.39 is 0 Å². The van der Waals surface area contributed by atoms with E-state index >= 15 is 0 Å². The standard InChI is InChI=1S/C19H21BrN2O3/c1-4-25-17-10-7-14(20)11-16(17)19(24)22-15-8-5-13(6-9-15)18(23)21-12(2)3/h5-12H,4H2,1-3H3,(H,21,23)(H,22,24). The first-order chi connectivity index (χ1) is 11.9. The highest BCUT2D eigenvalue weighted by molar-refractivity contribution is 9.10. The zero-order valence-electron chi connectivity index (χ0n) is 14.4. The molecule has 0 aromatic heterocycles. The first-order valence-electron chi connectivity index (χ1n) is 8.05. The van der Waals surface area contributed by atoms with E-state index in [2.05, 4.69) is 26.6 Å². The third-order valence-corrected chi connectivity index (χ3v) is 3.80. The van der Waals surface area contributed by atoms with Crippen LogP contribution in [0.1, 0.15) is 41.5 Å². The van der Waals surface area contributed by atoms with Crippen molar-refractivity contribution in [2.24, 2.45) is 0 Å². The highest BCUT2D eigenvalue weighted by atomic mass is 79.9. The summed E-state index contributed by atoms with van der Waals surface area (Å²) in [6.45, 7) is 6.15. The summed E-state index contributed by atoms with van der Waals surface area (Å²) in [4.78, 5) is 24.5. The van der Waals surface area contributed by atoms with Crippen LogP contribution in [0.25, 0.3) is 0 Å². The molecular formula is C19H21BrN2O3. The highest BCUT2D eigenvalue weighted by Crippen LogP contribution is 2.24. The minimum absolute atomic E-state index is 0.0698. The molecule has 0 saturated heterocycles. The Hall–Kier alpha value is -2.34. The normalized spacial score (nSPS) is 10.4. The van der Waals surface area contributed by atoms with Crippen LogP contribution in [0.3, 0.4) is 0 Å². The van der Waals surface area contributed by atoms with Crippen molar-refractivity contribution in [1.82, 2.24) is 5.32 Å². The lowest BCUT2D eigenvalue weighted by molar-refractivity contribution is 0.0942. The second-order valence-electron chi connectivity index (χ2n) is 5.73. The molecule has 0 saturated carbocycles. The summed E-state index contributed by atoms with van der Waals surface area (Å²) in [6, 6.07) is 12.1. The van der Waals surface area contributed by atoms with Crippen molar-refractivity contribution < 1.29 is 14.3 Å². The van der Waals surface area contributed by atoms with Crippen molar-refractivity contribution in [3.8, 4) is 5.75 Å². The third-order valence-electron chi connectivity index (χ3n) is 3.31. The van der Waals surface area contributed by atoms with E-state index in [4.69, 9.17) is 4.74 Å². The van der Waals surface area contributed by atoms with Gasteiger partial charge in [0.05, 0.1) is 12.2 Å². The Bertz CT molecular complexity index is 758. The fourth-order valence-electron chi connectivity index (χ4n) is 2.21. The summed E-state index contributed by atoms with van der Waals surface area (Å²) < 4.78 is 6.30. The van der Waals surface area contributed by atoms with Gasteiger partial charge in [0.15, 0.2) is 0 Å². The van der Waals surface area contributed by atoms with Crippen molar-refractivity contribution in [2.75, 3.05) is 11.9 Å². The van der Waals surface area contributed by atoms with Crippen molar-refractivity contribution in [3.63, 3.8) is 0 Å². The molecule has 0 aliphatic carbocycles. The molecule has 2 aromatic carbocycles. The molecule has 0 aliphatic heterocycles. The summed E-state index contributed by atoms with van der Waals surface area (Å²) in [5, 5.41) is 5.64. The lowest BCUT2D eigenvalue weighted by Gasteiger charge is -2.12. The number of carbonyl (C=O) groups is 2. The molecule has 0 unspecified atom stereocenters. The lowest BCUT2D eigenvalue weighted by atomic mass is 10.1. The van der Waals surface area contributed by atoms with Gasteiger partial charge in [0, 0.05) is 21.8 Å². The average molecular weight is 405 g/mol. The van der Waals surface area contributed by atoms with Gasteiger partial charge >= 0.3 is 0 Å². The molecule has 5 nitrogen and oxygen atoms in total. The number of benzene rings is 2. The zero-order valence-corrected chi connectivity index (χ0v) is 16.0. The Morgan fingerprint density at radius 1 is 1.08 bits per heavy atom. The monoisotopic (exact) mass is 404 g/mol. The van der Waals surface area contributed by atoms with E-state index in [0.717, 1.165) is 4.47 Å². The molecule has 25 heavy (non-hydrogen) atoms. The molecule has 132 valence electrons. The second-order valence-corrected chi connectivity index (χ2v) is 6.65. The number of hydrogen-bond acceptors (Lipinski definition) is 3. The van der Waals surface area contributed by atoms with Gasteiger partial charge in [0.25, 0.3) is 11.8 Å². The maximum atomic E-state index is 12.5. The molecule has 0 spiro atoms. The van der Waals surface area contributed by atoms with Crippen LogP contribution in [-0.4, -0.2) is 24.5 Å². The second kappa shape index (κ2) is 8.67. The van der Waals surface area contributed by atoms with Gasteiger partial charge in [-0.1, -0.05) is 15.9 Å². The summed E-state index contributed by atoms with van der Waals surface area (Å²) in [7, 11) is 0. The molecule has 2 amide bonds. The Morgan fingerprint density at radius 2 is 1.76 bits per heavy atom. The van der Waals surface area contributed by atoms with Gasteiger partial charge in [0.1, 0.15) is 5.75 Å². The predicted octanol–water partition coefficient (Wildman–Crippen LogP) is 4.24. The Kier molecular flexibility index (Phi) is 6.58. The van der Waals surface area contributed by atoms with Gasteiger partial charge in [-0.05, 0) is 63.2 Å². The maximum absolute atomic E-state index is 12.5. The molecule has 2 N–H and O–H groups in total. The van der Waals surface area contributed by atoms with Crippen LogP contribution in [0.2, 0.25) is 0 Å². The fourth-order valence-corrected chi connectivity index (χ4v) is 2.57. The molecule has 0 fully saturated rings. The number of halogens is 1. The predicted molar refractivity (Wildman–Crippen MR) is 102 cm³/mol. The van der Waals surface area contributed by atoms with Crippen LogP contribution in [0, 0.1) is 0 Å². The van der Waals surface area contributed by atoms with Gasteiger partial charge in [-0.2, -0.15) is 0 Å². The van der Waals surface area contributed by atoms with Crippen LogP contribution < -0.4 is 15.4 Å². The van der Waals surface area contributed by atoms with Crippen LogP contribution in [0.15, 0.2) is 46.9 Å². The molecule has 2 aromatic rings. The molecule has 0 atom stereocenters. The first-order valence-corrected chi connectivity index (χ1v) is 8.84. The average Bonchev–Trinajstić information content (AvgIpc) is 2.56. The summed E-state index contributed by atoms with van der Waals surface area (Å²) in [5.41, 5.74) is 1.59. The van der Waals surface area contributed by atoms with Crippen LogP contribution in [-0.2, 0) is 0 Å². The van der Waals surface area contributed by atoms with E-state index in [0.29, 0.717) is 29.2 Å². The summed E-state index contributed by atoms with van der Waals surface area (Å²) in [6.07, 6.45) is 0. The molecular weight excluding hydrogens is 384 g/mol. The van der Waals surface area contributed by atoms with Crippen molar-refractivity contribution in [1.29, 1.82) is 0 Å². The van der Waals surface area contributed by atoms with E-state index in [9.17, 15) is 9.59 Å². The Balaban J connectivity index is 2.13. The molecule has 2 rings (SSSR count). The summed E-state index contributed by atoms with van der Waals surface area (Å²) in [5.74, 6) is 0.110. The Labute approximate surface area is 155 Å². The molecule has 0 heterocycles. The number of anilines is 1. The largest absolute Gasteiger partial charge is 0.493 e. The summed E-state index contributed by atoms with van der Waals surface area (Å²) >= 11 is 3.37. The minimum Gasteiger partial charge on any atom is -0.493 e. The van der Waals surface area contributed by atoms with Crippen LogP contribution >= 0.6 is 15.9 Å². The number of nitrogens with one attached hydrogen (secondary N) is 2. The molecule has 0 aliphatic rings. The van der Waals surface area contributed by atoms with Crippen LogP contribution in [0.5, 0.6) is 5.75 Å². The minimum atomic E-state index is -0.274. The van der Waals surface area contributed by atoms with Crippen molar-refractivity contribution >= 4 is 33.4 Å². The van der Waals surface area contributed by atoms with E-state index in [1.54, 1.807) is 36.4 Å². The highest BCUT2D eigenvalue weighted by Gasteiger charge is 2.14. The fraction of sp³-hybridized carbons (Fsp3) is 0.263. The van der Waals surface area contributed by atoms with Crippen molar-refractivity contribution in [2.45, 2.75) is 26.8 Å². The molecule has 6 heteroatoms. The number of amides is 2. The van der Waals surface area contributed by atoms with Gasteiger partial charge < -0.3 is 15.4 Å². The number of carbonyl (C=O) groups excluding carboxylic acids is 2. The van der Waals surface area contributed by atoms with E-state index in [1.807, 2.05) is 26.8 Å².